The number of benzene rings is 1. The van der Waals surface area contributed by atoms with Crippen LogP contribution in [-0.2, 0) is 6.54 Å². The highest BCUT2D eigenvalue weighted by Gasteiger charge is 2.08. The second-order valence-corrected chi connectivity index (χ2v) is 3.75. The molecule has 1 amide bonds. The first-order valence-electron chi connectivity index (χ1n) is 5.61. The summed E-state index contributed by atoms with van der Waals surface area (Å²) in [7, 11) is 0. The highest BCUT2D eigenvalue weighted by molar-refractivity contribution is 5.99. The third-order valence-electron chi connectivity index (χ3n) is 2.54. The van der Waals surface area contributed by atoms with Crippen LogP contribution < -0.4 is 16.6 Å². The Bertz CT molecular complexity index is 509. The van der Waals surface area contributed by atoms with E-state index in [2.05, 4.69) is 15.7 Å². The van der Waals surface area contributed by atoms with Gasteiger partial charge in [0, 0.05) is 25.5 Å². The summed E-state index contributed by atoms with van der Waals surface area (Å²) in [5.41, 5.74) is 3.65. The van der Waals surface area contributed by atoms with E-state index in [0.29, 0.717) is 24.3 Å². The second kappa shape index (κ2) is 5.83. The number of imidazole rings is 1. The van der Waals surface area contributed by atoms with Crippen molar-refractivity contribution in [3.8, 4) is 0 Å². The molecule has 6 heteroatoms. The van der Waals surface area contributed by atoms with Gasteiger partial charge >= 0.3 is 0 Å². The molecule has 0 spiro atoms. The number of nitrogens with one attached hydrogen (secondary N) is 2. The van der Waals surface area contributed by atoms with E-state index < -0.39 is 0 Å². The monoisotopic (exact) mass is 245 g/mol. The van der Waals surface area contributed by atoms with E-state index in [-0.39, 0.29) is 5.91 Å². The average molecular weight is 245 g/mol. The summed E-state index contributed by atoms with van der Waals surface area (Å²) in [4.78, 5) is 15.9. The van der Waals surface area contributed by atoms with Gasteiger partial charge in [-0.2, -0.15) is 0 Å². The van der Waals surface area contributed by atoms with Gasteiger partial charge in [0.2, 0.25) is 0 Å². The quantitative estimate of drug-likeness (QED) is 0.532. The van der Waals surface area contributed by atoms with Gasteiger partial charge in [0.1, 0.15) is 0 Å². The van der Waals surface area contributed by atoms with Crippen molar-refractivity contribution in [2.75, 3.05) is 12.0 Å². The number of hydrazine groups is 1. The zero-order valence-corrected chi connectivity index (χ0v) is 9.84. The predicted molar refractivity (Wildman–Crippen MR) is 68.8 cm³/mol. The number of para-hydroxylation sites is 1. The van der Waals surface area contributed by atoms with Crippen molar-refractivity contribution < 1.29 is 4.79 Å². The molecule has 4 N–H and O–H groups in total. The van der Waals surface area contributed by atoms with E-state index in [1.807, 2.05) is 16.8 Å². The maximum atomic E-state index is 11.9. The molecule has 0 unspecified atom stereocenters. The minimum atomic E-state index is -0.149. The zero-order chi connectivity index (χ0) is 12.8. The van der Waals surface area contributed by atoms with Gasteiger partial charge in [-0.05, 0) is 12.1 Å². The number of carbonyl (C=O) groups is 1. The number of aromatic nitrogens is 2. The van der Waals surface area contributed by atoms with Crippen molar-refractivity contribution in [1.82, 2.24) is 14.9 Å². The molecule has 94 valence electrons. The lowest BCUT2D eigenvalue weighted by Crippen LogP contribution is -2.28. The van der Waals surface area contributed by atoms with Gasteiger partial charge in [-0.25, -0.2) is 4.98 Å². The molecule has 0 radical (unpaired) electrons. The zero-order valence-electron chi connectivity index (χ0n) is 9.84. The van der Waals surface area contributed by atoms with Crippen molar-refractivity contribution >= 4 is 11.6 Å². The Labute approximate surface area is 105 Å². The van der Waals surface area contributed by atoms with Crippen LogP contribution in [0.15, 0.2) is 43.0 Å². The first kappa shape index (κ1) is 12.1. The lowest BCUT2D eigenvalue weighted by molar-refractivity contribution is 0.0953. The van der Waals surface area contributed by atoms with Crippen LogP contribution in [0, 0.1) is 0 Å². The lowest BCUT2D eigenvalue weighted by Gasteiger charge is -2.09. The molecular weight excluding hydrogens is 230 g/mol. The van der Waals surface area contributed by atoms with Gasteiger partial charge in [-0.1, -0.05) is 12.1 Å². The number of nitrogen functional groups attached to an aromatic ring is 1. The minimum Gasteiger partial charge on any atom is -0.350 e. The van der Waals surface area contributed by atoms with Crippen molar-refractivity contribution in [2.45, 2.75) is 6.54 Å². The van der Waals surface area contributed by atoms with Gasteiger partial charge in [0.05, 0.1) is 17.6 Å². The van der Waals surface area contributed by atoms with E-state index in [1.54, 1.807) is 30.7 Å². The normalized spacial score (nSPS) is 10.1. The maximum absolute atomic E-state index is 11.9. The Kier molecular flexibility index (Phi) is 3.93. The highest BCUT2D eigenvalue weighted by atomic mass is 16.1. The van der Waals surface area contributed by atoms with E-state index in [1.165, 1.54) is 0 Å². The smallest absolute Gasteiger partial charge is 0.253 e. The van der Waals surface area contributed by atoms with Gasteiger partial charge in [-0.15, -0.1) is 0 Å². The summed E-state index contributed by atoms with van der Waals surface area (Å²) in [6, 6.07) is 7.09. The number of nitrogens with zero attached hydrogens (tertiary/aromatic N) is 2. The molecule has 6 nitrogen and oxygen atoms in total. The fourth-order valence-electron chi connectivity index (χ4n) is 1.62. The van der Waals surface area contributed by atoms with Gasteiger partial charge in [0.15, 0.2) is 0 Å². The first-order valence-corrected chi connectivity index (χ1v) is 5.61. The Balaban J connectivity index is 1.91. The topological polar surface area (TPSA) is 85.0 Å². The number of amides is 1. The predicted octanol–water partition coefficient (Wildman–Crippen LogP) is 0.599. The summed E-state index contributed by atoms with van der Waals surface area (Å²) in [6.45, 7) is 1.22. The van der Waals surface area contributed by atoms with Crippen molar-refractivity contribution in [2.24, 2.45) is 5.84 Å². The van der Waals surface area contributed by atoms with Crippen LogP contribution in [0.1, 0.15) is 10.4 Å². The molecule has 0 saturated heterocycles. The fraction of sp³-hybridized carbons (Fsp3) is 0.167. The van der Waals surface area contributed by atoms with E-state index in [0.717, 1.165) is 0 Å². The molecule has 18 heavy (non-hydrogen) atoms. The third-order valence-corrected chi connectivity index (χ3v) is 2.54. The van der Waals surface area contributed by atoms with E-state index >= 15 is 0 Å². The van der Waals surface area contributed by atoms with Crippen LogP contribution in [0.25, 0.3) is 0 Å². The largest absolute Gasteiger partial charge is 0.350 e. The maximum Gasteiger partial charge on any atom is 0.253 e. The number of hydrogen-bond acceptors (Lipinski definition) is 4. The molecule has 1 heterocycles. The summed E-state index contributed by atoms with van der Waals surface area (Å²) in [5.74, 6) is 5.20. The van der Waals surface area contributed by atoms with Crippen LogP contribution >= 0.6 is 0 Å². The molecule has 0 aliphatic heterocycles. The average Bonchev–Trinajstić information content (AvgIpc) is 2.91. The van der Waals surface area contributed by atoms with Crippen molar-refractivity contribution in [3.05, 3.63) is 48.5 Å². The first-order chi connectivity index (χ1) is 8.81. The summed E-state index contributed by atoms with van der Waals surface area (Å²) in [6.07, 6.45) is 5.26. The molecule has 1 aromatic carbocycles. The third kappa shape index (κ3) is 2.86. The van der Waals surface area contributed by atoms with Crippen LogP contribution in [-0.4, -0.2) is 22.0 Å². The molecule has 0 atom stereocenters. The number of carbonyl (C=O) groups excluding carboxylic acids is 1. The molecule has 1 aromatic heterocycles. The van der Waals surface area contributed by atoms with Crippen molar-refractivity contribution in [1.29, 1.82) is 0 Å². The number of anilines is 1. The Morgan fingerprint density at radius 1 is 1.39 bits per heavy atom. The summed E-state index contributed by atoms with van der Waals surface area (Å²) >= 11 is 0. The van der Waals surface area contributed by atoms with Gasteiger partial charge in [0.25, 0.3) is 5.91 Å². The molecule has 0 aliphatic carbocycles. The molecule has 0 aliphatic rings. The fourth-order valence-corrected chi connectivity index (χ4v) is 1.62. The number of hydrogen-bond donors (Lipinski definition) is 3. The van der Waals surface area contributed by atoms with Gasteiger partial charge < -0.3 is 15.3 Å². The van der Waals surface area contributed by atoms with Crippen LogP contribution in [0.4, 0.5) is 5.69 Å². The molecule has 0 bridgehead atoms. The molecule has 0 saturated carbocycles. The van der Waals surface area contributed by atoms with Crippen LogP contribution in [0.5, 0.6) is 0 Å². The SMILES string of the molecule is NNc1ccccc1C(=O)NCCn1ccnc1. The van der Waals surface area contributed by atoms with Crippen molar-refractivity contribution in [3.63, 3.8) is 0 Å². The highest BCUT2D eigenvalue weighted by Crippen LogP contribution is 2.12. The lowest BCUT2D eigenvalue weighted by atomic mass is 10.1. The minimum absolute atomic E-state index is 0.149. The molecular formula is C12H15N5O. The van der Waals surface area contributed by atoms with E-state index in [9.17, 15) is 4.79 Å². The standard InChI is InChI=1S/C12H15N5O/c13-16-11-4-2-1-3-10(11)12(18)15-6-8-17-7-5-14-9-17/h1-5,7,9,16H,6,8,13H2,(H,15,18). The molecule has 0 fully saturated rings. The van der Waals surface area contributed by atoms with Crippen LogP contribution in [0.3, 0.4) is 0 Å². The molecule has 2 rings (SSSR count). The number of rotatable bonds is 5. The number of nitrogens with two attached hydrogens (primary N) is 1. The Morgan fingerprint density at radius 3 is 2.94 bits per heavy atom. The second-order valence-electron chi connectivity index (χ2n) is 3.75. The van der Waals surface area contributed by atoms with E-state index in [4.69, 9.17) is 5.84 Å². The molecule has 2 aromatic rings. The van der Waals surface area contributed by atoms with Gasteiger partial charge in [-0.3, -0.25) is 10.6 Å². The summed E-state index contributed by atoms with van der Waals surface area (Å²) in [5, 5.41) is 2.83. The summed E-state index contributed by atoms with van der Waals surface area (Å²) < 4.78 is 1.90. The Morgan fingerprint density at radius 2 is 2.22 bits per heavy atom. The Hall–Kier alpha value is -2.34. The van der Waals surface area contributed by atoms with Crippen LogP contribution in [0.2, 0.25) is 0 Å².